The number of oxazole rings is 1. The number of rotatable bonds is 2. The highest BCUT2D eigenvalue weighted by Crippen LogP contribution is 2.17. The molecule has 0 aliphatic carbocycles. The number of hydrogen-bond acceptors (Lipinski definition) is 4. The Labute approximate surface area is 160 Å². The fourth-order valence-electron chi connectivity index (χ4n) is 3.02. The van der Waals surface area contributed by atoms with Crippen molar-refractivity contribution in [2.75, 3.05) is 31.5 Å². The lowest BCUT2D eigenvalue weighted by molar-refractivity contribution is 0.0672. The Bertz CT molecular complexity index is 978. The standard InChI is InChI=1S/C19H17ClN4O3/c20-14-2-4-15(5-3-14)22-19(26)24-9-7-23(8-10-24)18(25)13-1-6-17-16(11-13)21-12-27-17/h1-6,11-12H,7-10H2,(H,22,26). The van der Waals surface area contributed by atoms with Crippen molar-refractivity contribution in [1.82, 2.24) is 14.8 Å². The van der Waals surface area contributed by atoms with E-state index in [1.165, 1.54) is 6.39 Å². The first kappa shape index (κ1) is 17.4. The molecule has 8 heteroatoms. The van der Waals surface area contributed by atoms with Gasteiger partial charge in [0.2, 0.25) is 0 Å². The van der Waals surface area contributed by atoms with Crippen LogP contribution in [0.1, 0.15) is 10.4 Å². The van der Waals surface area contributed by atoms with E-state index in [4.69, 9.17) is 16.0 Å². The molecule has 2 heterocycles. The Balaban J connectivity index is 1.35. The van der Waals surface area contributed by atoms with E-state index in [9.17, 15) is 9.59 Å². The molecule has 3 amide bonds. The number of hydrogen-bond donors (Lipinski definition) is 1. The Morgan fingerprint density at radius 1 is 1.00 bits per heavy atom. The van der Waals surface area contributed by atoms with Crippen LogP contribution in [-0.2, 0) is 0 Å². The lowest BCUT2D eigenvalue weighted by Gasteiger charge is -2.34. The van der Waals surface area contributed by atoms with Crippen LogP contribution in [0, 0.1) is 0 Å². The van der Waals surface area contributed by atoms with Gasteiger partial charge in [-0.1, -0.05) is 11.6 Å². The maximum absolute atomic E-state index is 12.7. The third-order valence-corrected chi connectivity index (χ3v) is 4.78. The molecular formula is C19H17ClN4O3. The van der Waals surface area contributed by atoms with Gasteiger partial charge in [0.15, 0.2) is 12.0 Å². The fraction of sp³-hybridized carbons (Fsp3) is 0.211. The lowest BCUT2D eigenvalue weighted by Crippen LogP contribution is -2.51. The molecule has 0 unspecified atom stereocenters. The topological polar surface area (TPSA) is 78.7 Å². The monoisotopic (exact) mass is 384 g/mol. The second-order valence-corrected chi connectivity index (χ2v) is 6.69. The molecule has 7 nitrogen and oxygen atoms in total. The van der Waals surface area contributed by atoms with Gasteiger partial charge in [-0.2, -0.15) is 0 Å². The van der Waals surface area contributed by atoms with E-state index in [0.717, 1.165) is 0 Å². The van der Waals surface area contributed by atoms with Gasteiger partial charge in [-0.3, -0.25) is 4.79 Å². The van der Waals surface area contributed by atoms with Crippen LogP contribution in [0.2, 0.25) is 5.02 Å². The number of benzene rings is 2. The fourth-order valence-corrected chi connectivity index (χ4v) is 3.15. The Morgan fingerprint density at radius 2 is 1.70 bits per heavy atom. The van der Waals surface area contributed by atoms with E-state index in [0.29, 0.717) is 53.6 Å². The highest BCUT2D eigenvalue weighted by Gasteiger charge is 2.25. The van der Waals surface area contributed by atoms with E-state index in [1.54, 1.807) is 52.3 Å². The maximum Gasteiger partial charge on any atom is 0.321 e. The first-order valence-electron chi connectivity index (χ1n) is 8.54. The molecule has 1 aromatic heterocycles. The number of carbonyl (C=O) groups is 2. The zero-order valence-corrected chi connectivity index (χ0v) is 15.1. The van der Waals surface area contributed by atoms with Crippen molar-refractivity contribution in [2.24, 2.45) is 0 Å². The van der Waals surface area contributed by atoms with Crippen molar-refractivity contribution in [3.63, 3.8) is 0 Å². The average molecular weight is 385 g/mol. The first-order valence-corrected chi connectivity index (χ1v) is 8.92. The van der Waals surface area contributed by atoms with Gasteiger partial charge in [0.1, 0.15) is 5.52 Å². The number of urea groups is 1. The van der Waals surface area contributed by atoms with E-state index in [-0.39, 0.29) is 11.9 Å². The lowest BCUT2D eigenvalue weighted by atomic mass is 10.1. The van der Waals surface area contributed by atoms with Gasteiger partial charge in [-0.05, 0) is 42.5 Å². The number of nitrogens with zero attached hydrogens (tertiary/aromatic N) is 3. The van der Waals surface area contributed by atoms with Gasteiger partial charge in [0.05, 0.1) is 0 Å². The molecule has 27 heavy (non-hydrogen) atoms. The summed E-state index contributed by atoms with van der Waals surface area (Å²) in [5.41, 5.74) is 2.55. The van der Waals surface area contributed by atoms with Gasteiger partial charge in [-0.15, -0.1) is 0 Å². The molecule has 4 rings (SSSR count). The smallest absolute Gasteiger partial charge is 0.321 e. The van der Waals surface area contributed by atoms with Crippen molar-refractivity contribution in [3.05, 3.63) is 59.4 Å². The molecule has 1 aliphatic rings. The Hall–Kier alpha value is -3.06. The van der Waals surface area contributed by atoms with Crippen LogP contribution in [-0.4, -0.2) is 52.9 Å². The molecule has 1 saturated heterocycles. The SMILES string of the molecule is O=C(Nc1ccc(Cl)cc1)N1CCN(C(=O)c2ccc3ocnc3c2)CC1. The summed E-state index contributed by atoms with van der Waals surface area (Å²) in [7, 11) is 0. The summed E-state index contributed by atoms with van der Waals surface area (Å²) in [6.45, 7) is 1.89. The molecule has 0 atom stereocenters. The van der Waals surface area contributed by atoms with Crippen LogP contribution in [0.4, 0.5) is 10.5 Å². The quantitative estimate of drug-likeness (QED) is 0.733. The molecule has 0 spiro atoms. The summed E-state index contributed by atoms with van der Waals surface area (Å²) in [4.78, 5) is 32.6. The molecule has 1 N–H and O–H groups in total. The van der Waals surface area contributed by atoms with Crippen LogP contribution in [0.25, 0.3) is 11.1 Å². The zero-order valence-electron chi connectivity index (χ0n) is 14.4. The number of piperazine rings is 1. The number of aromatic nitrogens is 1. The molecule has 2 aromatic carbocycles. The number of fused-ring (bicyclic) bond motifs is 1. The highest BCUT2D eigenvalue weighted by molar-refractivity contribution is 6.30. The van der Waals surface area contributed by atoms with Crippen molar-refractivity contribution in [1.29, 1.82) is 0 Å². The summed E-state index contributed by atoms with van der Waals surface area (Å²) in [6, 6.07) is 12.0. The second-order valence-electron chi connectivity index (χ2n) is 6.25. The van der Waals surface area contributed by atoms with Crippen LogP contribution in [0.3, 0.4) is 0 Å². The maximum atomic E-state index is 12.7. The Morgan fingerprint density at radius 3 is 2.44 bits per heavy atom. The average Bonchev–Trinajstić information content (AvgIpc) is 3.17. The minimum atomic E-state index is -0.187. The van der Waals surface area contributed by atoms with Gasteiger partial charge in [-0.25, -0.2) is 9.78 Å². The highest BCUT2D eigenvalue weighted by atomic mass is 35.5. The molecule has 0 bridgehead atoms. The molecule has 0 radical (unpaired) electrons. The number of carbonyl (C=O) groups excluding carboxylic acids is 2. The van der Waals surface area contributed by atoms with E-state index < -0.39 is 0 Å². The number of anilines is 1. The first-order chi connectivity index (χ1) is 13.1. The van der Waals surface area contributed by atoms with Crippen molar-refractivity contribution in [2.45, 2.75) is 0 Å². The van der Waals surface area contributed by atoms with Crippen LogP contribution < -0.4 is 5.32 Å². The van der Waals surface area contributed by atoms with Crippen LogP contribution in [0.5, 0.6) is 0 Å². The van der Waals surface area contributed by atoms with Crippen LogP contribution >= 0.6 is 11.6 Å². The summed E-state index contributed by atoms with van der Waals surface area (Å²) >= 11 is 5.85. The summed E-state index contributed by atoms with van der Waals surface area (Å²) in [6.07, 6.45) is 1.36. The zero-order chi connectivity index (χ0) is 18.8. The second kappa shape index (κ2) is 7.28. The van der Waals surface area contributed by atoms with Crippen LogP contribution in [0.15, 0.2) is 53.3 Å². The predicted molar refractivity (Wildman–Crippen MR) is 102 cm³/mol. The minimum absolute atomic E-state index is 0.0716. The summed E-state index contributed by atoms with van der Waals surface area (Å²) in [5.74, 6) is -0.0716. The third-order valence-electron chi connectivity index (χ3n) is 4.53. The largest absolute Gasteiger partial charge is 0.443 e. The van der Waals surface area contributed by atoms with Gasteiger partial charge in [0, 0.05) is 42.5 Å². The molecule has 1 fully saturated rings. The normalized spacial score (nSPS) is 14.4. The molecule has 3 aromatic rings. The minimum Gasteiger partial charge on any atom is -0.443 e. The summed E-state index contributed by atoms with van der Waals surface area (Å²) < 4.78 is 5.20. The van der Waals surface area contributed by atoms with Crippen molar-refractivity contribution in [3.8, 4) is 0 Å². The number of nitrogens with one attached hydrogen (secondary N) is 1. The molecule has 1 aliphatic heterocycles. The van der Waals surface area contributed by atoms with Gasteiger partial charge < -0.3 is 19.5 Å². The molecule has 138 valence electrons. The number of amides is 3. The molecule has 0 saturated carbocycles. The Kier molecular flexibility index (Phi) is 4.68. The third kappa shape index (κ3) is 3.73. The van der Waals surface area contributed by atoms with Gasteiger partial charge in [0.25, 0.3) is 5.91 Å². The predicted octanol–water partition coefficient (Wildman–Crippen LogP) is 3.47. The van der Waals surface area contributed by atoms with Crippen molar-refractivity contribution < 1.29 is 14.0 Å². The van der Waals surface area contributed by atoms with E-state index in [1.807, 2.05) is 0 Å². The van der Waals surface area contributed by atoms with E-state index >= 15 is 0 Å². The van der Waals surface area contributed by atoms with Gasteiger partial charge >= 0.3 is 6.03 Å². The summed E-state index contributed by atoms with van der Waals surface area (Å²) in [5, 5.41) is 3.45. The molecular weight excluding hydrogens is 368 g/mol. The van der Waals surface area contributed by atoms with Crippen molar-refractivity contribution >= 4 is 40.3 Å². The van der Waals surface area contributed by atoms with E-state index in [2.05, 4.69) is 10.3 Å². The number of halogens is 1.